The van der Waals surface area contributed by atoms with Crippen LogP contribution in [0.5, 0.6) is 0 Å². The Kier molecular flexibility index (Phi) is 4.34. The van der Waals surface area contributed by atoms with Crippen molar-refractivity contribution < 1.29 is 14.3 Å². The van der Waals surface area contributed by atoms with Gasteiger partial charge in [-0.25, -0.2) is 4.79 Å². The summed E-state index contributed by atoms with van der Waals surface area (Å²) in [7, 11) is 1.27. The number of carbonyl (C=O) groups excluding carboxylic acids is 2. The van der Waals surface area contributed by atoms with Crippen LogP contribution in [0.4, 0.5) is 0 Å². The van der Waals surface area contributed by atoms with Crippen LogP contribution in [0.15, 0.2) is 11.8 Å². The van der Waals surface area contributed by atoms with E-state index in [1.807, 2.05) is 0 Å². The monoisotopic (exact) mass is 199 g/mol. The minimum Gasteiger partial charge on any atom is -0.464 e. The Bertz CT molecular complexity index is 261. The molecule has 1 amide bonds. The summed E-state index contributed by atoms with van der Waals surface area (Å²) < 4.78 is 4.49. The number of amides is 1. The molecule has 0 aliphatic rings. The molecule has 80 valence electrons. The van der Waals surface area contributed by atoms with Crippen LogP contribution in [0.1, 0.15) is 27.7 Å². The fraction of sp³-hybridized carbons (Fsp3) is 0.600. The minimum atomic E-state index is -0.537. The van der Waals surface area contributed by atoms with Crippen molar-refractivity contribution in [1.29, 1.82) is 0 Å². The number of rotatable bonds is 2. The maximum absolute atomic E-state index is 11.5. The highest BCUT2D eigenvalue weighted by molar-refractivity contribution is 5.95. The molecule has 4 nitrogen and oxygen atoms in total. The lowest BCUT2D eigenvalue weighted by molar-refractivity contribution is -0.138. The van der Waals surface area contributed by atoms with E-state index in [1.54, 1.807) is 27.7 Å². The first-order valence-corrected chi connectivity index (χ1v) is 4.39. The molecule has 0 aliphatic heterocycles. The van der Waals surface area contributed by atoms with Crippen LogP contribution in [0, 0.1) is 5.41 Å². The molecule has 0 unspecified atom stereocenters. The van der Waals surface area contributed by atoms with Gasteiger partial charge in [-0.2, -0.15) is 0 Å². The quantitative estimate of drug-likeness (QED) is 0.537. The van der Waals surface area contributed by atoms with Crippen LogP contribution >= 0.6 is 0 Å². The molecule has 0 saturated carbocycles. The summed E-state index contributed by atoms with van der Waals surface area (Å²) in [5.74, 6) is -0.749. The summed E-state index contributed by atoms with van der Waals surface area (Å²) in [5.41, 5.74) is -0.352. The molecule has 1 N–H and O–H groups in total. The van der Waals surface area contributed by atoms with Crippen molar-refractivity contribution in [3.05, 3.63) is 11.8 Å². The molecule has 0 saturated heterocycles. The van der Waals surface area contributed by atoms with Crippen molar-refractivity contribution in [1.82, 2.24) is 5.32 Å². The topological polar surface area (TPSA) is 55.4 Å². The van der Waals surface area contributed by atoms with E-state index in [-0.39, 0.29) is 11.6 Å². The molecule has 0 radical (unpaired) electrons. The number of methoxy groups -OCH3 is 1. The third kappa shape index (κ3) is 3.60. The first-order valence-electron chi connectivity index (χ1n) is 4.39. The van der Waals surface area contributed by atoms with E-state index in [0.717, 1.165) is 0 Å². The van der Waals surface area contributed by atoms with Gasteiger partial charge in [0.1, 0.15) is 5.70 Å². The van der Waals surface area contributed by atoms with Gasteiger partial charge in [0.05, 0.1) is 7.11 Å². The molecule has 0 fully saturated rings. The average Bonchev–Trinajstić information content (AvgIpc) is 2.10. The Hall–Kier alpha value is -1.32. The standard InChI is InChI=1S/C10H17NO3/c1-6-7(8(12)14-5)11-9(13)10(2,3)4/h6H,1-5H3,(H,11,13)/b7-6-. The number of hydrogen-bond donors (Lipinski definition) is 1. The van der Waals surface area contributed by atoms with Crippen molar-refractivity contribution in [3.63, 3.8) is 0 Å². The Morgan fingerprint density at radius 2 is 1.79 bits per heavy atom. The lowest BCUT2D eigenvalue weighted by Gasteiger charge is -2.18. The van der Waals surface area contributed by atoms with Crippen LogP contribution in [-0.4, -0.2) is 19.0 Å². The molecule has 0 rings (SSSR count). The van der Waals surface area contributed by atoms with Crippen molar-refractivity contribution >= 4 is 11.9 Å². The molecule has 0 aromatic rings. The van der Waals surface area contributed by atoms with E-state index < -0.39 is 11.4 Å². The number of nitrogens with one attached hydrogen (secondary N) is 1. The molecule has 0 aromatic carbocycles. The first kappa shape index (κ1) is 12.7. The SMILES string of the molecule is C/C=C(\NC(=O)C(C)(C)C)C(=O)OC. The molecular weight excluding hydrogens is 182 g/mol. The Morgan fingerprint density at radius 1 is 1.29 bits per heavy atom. The molecule has 0 bridgehead atoms. The minimum absolute atomic E-state index is 0.174. The van der Waals surface area contributed by atoms with Crippen LogP contribution < -0.4 is 5.32 Å². The third-order valence-electron chi connectivity index (χ3n) is 1.62. The zero-order valence-electron chi connectivity index (χ0n) is 9.30. The predicted molar refractivity (Wildman–Crippen MR) is 53.4 cm³/mol. The third-order valence-corrected chi connectivity index (χ3v) is 1.62. The summed E-state index contributed by atoms with van der Waals surface area (Å²) >= 11 is 0. The second-order valence-corrected chi connectivity index (χ2v) is 3.90. The van der Waals surface area contributed by atoms with Gasteiger partial charge in [-0.05, 0) is 6.92 Å². The number of allylic oxidation sites excluding steroid dienone is 1. The number of esters is 1. The molecular formula is C10H17NO3. The van der Waals surface area contributed by atoms with Gasteiger partial charge in [0, 0.05) is 5.41 Å². The van der Waals surface area contributed by atoms with Crippen LogP contribution in [0.3, 0.4) is 0 Å². The number of hydrogen-bond acceptors (Lipinski definition) is 3. The number of carbonyl (C=O) groups is 2. The van der Waals surface area contributed by atoms with E-state index in [1.165, 1.54) is 13.2 Å². The van der Waals surface area contributed by atoms with Gasteiger partial charge >= 0.3 is 5.97 Å². The highest BCUT2D eigenvalue weighted by Crippen LogP contribution is 2.13. The molecule has 0 aromatic heterocycles. The average molecular weight is 199 g/mol. The Labute approximate surface area is 84.3 Å². The first-order chi connectivity index (χ1) is 6.32. The van der Waals surface area contributed by atoms with Gasteiger partial charge in [-0.3, -0.25) is 4.79 Å². The second-order valence-electron chi connectivity index (χ2n) is 3.90. The van der Waals surface area contributed by atoms with Crippen molar-refractivity contribution in [2.24, 2.45) is 5.41 Å². The smallest absolute Gasteiger partial charge is 0.354 e. The van der Waals surface area contributed by atoms with Gasteiger partial charge in [0.2, 0.25) is 5.91 Å². The van der Waals surface area contributed by atoms with Crippen LogP contribution in [0.25, 0.3) is 0 Å². The molecule has 4 heteroatoms. The Balaban J connectivity index is 4.52. The van der Waals surface area contributed by atoms with E-state index in [2.05, 4.69) is 10.1 Å². The van der Waals surface area contributed by atoms with Crippen LogP contribution in [-0.2, 0) is 14.3 Å². The van der Waals surface area contributed by atoms with Gasteiger partial charge in [0.25, 0.3) is 0 Å². The summed E-state index contributed by atoms with van der Waals surface area (Å²) in [6, 6.07) is 0. The highest BCUT2D eigenvalue weighted by Gasteiger charge is 2.23. The van der Waals surface area contributed by atoms with Crippen molar-refractivity contribution in [3.8, 4) is 0 Å². The predicted octanol–water partition coefficient (Wildman–Crippen LogP) is 1.23. The van der Waals surface area contributed by atoms with E-state index in [9.17, 15) is 9.59 Å². The largest absolute Gasteiger partial charge is 0.464 e. The summed E-state index contributed by atoms with van der Waals surface area (Å²) in [4.78, 5) is 22.6. The van der Waals surface area contributed by atoms with Gasteiger partial charge in [-0.15, -0.1) is 0 Å². The van der Waals surface area contributed by atoms with Gasteiger partial charge in [-0.1, -0.05) is 26.8 Å². The maximum Gasteiger partial charge on any atom is 0.354 e. The van der Waals surface area contributed by atoms with Gasteiger partial charge in [0.15, 0.2) is 0 Å². The zero-order valence-corrected chi connectivity index (χ0v) is 9.30. The summed E-state index contributed by atoms with van der Waals surface area (Å²) in [6.45, 7) is 6.97. The van der Waals surface area contributed by atoms with E-state index >= 15 is 0 Å². The maximum atomic E-state index is 11.5. The Morgan fingerprint density at radius 3 is 2.07 bits per heavy atom. The van der Waals surface area contributed by atoms with E-state index in [4.69, 9.17) is 0 Å². The van der Waals surface area contributed by atoms with Crippen molar-refractivity contribution in [2.45, 2.75) is 27.7 Å². The molecule has 14 heavy (non-hydrogen) atoms. The summed E-state index contributed by atoms with van der Waals surface area (Å²) in [5, 5.41) is 2.50. The highest BCUT2D eigenvalue weighted by atomic mass is 16.5. The molecule has 0 atom stereocenters. The summed E-state index contributed by atoms with van der Waals surface area (Å²) in [6.07, 6.45) is 1.51. The van der Waals surface area contributed by atoms with Crippen LogP contribution in [0.2, 0.25) is 0 Å². The normalized spacial score (nSPS) is 12.2. The lowest BCUT2D eigenvalue weighted by atomic mass is 9.95. The van der Waals surface area contributed by atoms with Gasteiger partial charge < -0.3 is 10.1 Å². The lowest BCUT2D eigenvalue weighted by Crippen LogP contribution is -2.36. The van der Waals surface area contributed by atoms with E-state index in [0.29, 0.717) is 0 Å². The fourth-order valence-electron chi connectivity index (χ4n) is 0.661. The molecule has 0 aliphatic carbocycles. The molecule has 0 spiro atoms. The fourth-order valence-corrected chi connectivity index (χ4v) is 0.661. The number of ether oxygens (including phenoxy) is 1. The zero-order chi connectivity index (χ0) is 11.4. The molecule has 0 heterocycles. The van der Waals surface area contributed by atoms with Crippen molar-refractivity contribution in [2.75, 3.05) is 7.11 Å². The second kappa shape index (κ2) is 4.79.